The van der Waals surface area contributed by atoms with Gasteiger partial charge >= 0.3 is 0 Å². The molecule has 6 amide bonds. The van der Waals surface area contributed by atoms with Gasteiger partial charge in [-0.15, -0.1) is 0 Å². The van der Waals surface area contributed by atoms with E-state index in [2.05, 4.69) is 10.6 Å². The second-order valence-electron chi connectivity index (χ2n) is 10.4. The lowest BCUT2D eigenvalue weighted by Crippen LogP contribution is -2.54. The Bertz CT molecular complexity index is 1110. The summed E-state index contributed by atoms with van der Waals surface area (Å²) in [6, 6.07) is 4.31. The van der Waals surface area contributed by atoms with Gasteiger partial charge in [0.25, 0.3) is 11.8 Å². The summed E-state index contributed by atoms with van der Waals surface area (Å²) in [5.74, 6) is -1.97. The van der Waals surface area contributed by atoms with E-state index in [1.54, 1.807) is 17.0 Å². The predicted octanol–water partition coefficient (Wildman–Crippen LogP) is 3.13. The predicted molar refractivity (Wildman–Crippen MR) is 149 cm³/mol. The number of piperidine rings is 1. The lowest BCUT2D eigenvalue weighted by Gasteiger charge is -2.27. The number of nitrogens with one attached hydrogen (secondary N) is 2. The van der Waals surface area contributed by atoms with Gasteiger partial charge in [0.1, 0.15) is 6.04 Å². The minimum absolute atomic E-state index is 0.0195. The van der Waals surface area contributed by atoms with Gasteiger partial charge < -0.3 is 10.2 Å². The Balaban J connectivity index is 1.30. The van der Waals surface area contributed by atoms with Crippen molar-refractivity contribution in [2.24, 2.45) is 0 Å². The van der Waals surface area contributed by atoms with Gasteiger partial charge in [0.2, 0.25) is 23.6 Å². The number of aryl methyl sites for hydroxylation is 1. The quantitative estimate of drug-likeness (QED) is 0.238. The van der Waals surface area contributed by atoms with Gasteiger partial charge in [0, 0.05) is 38.9 Å². The summed E-state index contributed by atoms with van der Waals surface area (Å²) in [7, 11) is 0. The average molecular weight is 555 g/mol. The highest BCUT2D eigenvalue weighted by Crippen LogP contribution is 2.30. The molecule has 0 spiro atoms. The van der Waals surface area contributed by atoms with Gasteiger partial charge in [0.05, 0.1) is 11.1 Å². The first-order chi connectivity index (χ1) is 19.3. The summed E-state index contributed by atoms with van der Waals surface area (Å²) in [5, 5.41) is 5.12. The second kappa shape index (κ2) is 15.3. The van der Waals surface area contributed by atoms with Gasteiger partial charge in [-0.05, 0) is 51.2 Å². The summed E-state index contributed by atoms with van der Waals surface area (Å²) in [6.07, 6.45) is 8.45. The first kappa shape index (κ1) is 31.0. The molecule has 1 unspecified atom stereocenters. The van der Waals surface area contributed by atoms with Crippen molar-refractivity contribution in [1.29, 1.82) is 0 Å². The molecule has 1 aromatic carbocycles. The second-order valence-corrected chi connectivity index (χ2v) is 10.4. The highest BCUT2D eigenvalue weighted by molar-refractivity contribution is 6.24. The van der Waals surface area contributed by atoms with Gasteiger partial charge in [-0.1, -0.05) is 44.2 Å². The molecule has 2 aliphatic rings. The molecule has 10 nitrogen and oxygen atoms in total. The summed E-state index contributed by atoms with van der Waals surface area (Å²) in [4.78, 5) is 76.6. The van der Waals surface area contributed by atoms with Gasteiger partial charge in [0.15, 0.2) is 0 Å². The van der Waals surface area contributed by atoms with Crippen LogP contribution in [0.3, 0.4) is 0 Å². The maximum Gasteiger partial charge on any atom is 0.262 e. The van der Waals surface area contributed by atoms with Crippen molar-refractivity contribution in [1.82, 2.24) is 20.4 Å². The van der Waals surface area contributed by atoms with Crippen molar-refractivity contribution in [3.63, 3.8) is 0 Å². The van der Waals surface area contributed by atoms with Crippen LogP contribution >= 0.6 is 0 Å². The van der Waals surface area contributed by atoms with Crippen LogP contribution in [0.5, 0.6) is 0 Å². The van der Waals surface area contributed by atoms with E-state index in [1.807, 2.05) is 19.9 Å². The molecule has 0 saturated carbocycles. The minimum atomic E-state index is -0.951. The summed E-state index contributed by atoms with van der Waals surface area (Å²) >= 11 is 0. The maximum atomic E-state index is 13.2. The molecule has 1 fully saturated rings. The third-order valence-electron chi connectivity index (χ3n) is 7.68. The van der Waals surface area contributed by atoms with E-state index in [0.29, 0.717) is 37.2 Å². The topological polar surface area (TPSA) is 133 Å². The number of imide groups is 2. The lowest BCUT2D eigenvalue weighted by molar-refractivity contribution is -0.136. The lowest BCUT2D eigenvalue weighted by atomic mass is 9.97. The molecule has 0 aliphatic carbocycles. The van der Waals surface area contributed by atoms with Crippen molar-refractivity contribution in [2.45, 2.75) is 96.9 Å². The molecule has 0 radical (unpaired) electrons. The van der Waals surface area contributed by atoms with Crippen molar-refractivity contribution in [3.8, 4) is 0 Å². The highest BCUT2D eigenvalue weighted by atomic mass is 16.2. The third kappa shape index (κ3) is 7.99. The zero-order valence-electron chi connectivity index (χ0n) is 23.8. The number of carbonyl (C=O) groups is 6. The third-order valence-corrected chi connectivity index (χ3v) is 7.68. The molecular weight excluding hydrogens is 512 g/mol. The summed E-state index contributed by atoms with van der Waals surface area (Å²) in [6.45, 7) is 5.82. The van der Waals surface area contributed by atoms with Crippen LogP contribution in [0.15, 0.2) is 18.2 Å². The first-order valence-electron chi connectivity index (χ1n) is 14.7. The van der Waals surface area contributed by atoms with Crippen LogP contribution in [0.1, 0.15) is 111 Å². The van der Waals surface area contributed by atoms with E-state index in [4.69, 9.17) is 0 Å². The SMILES string of the molecule is CCN(CC)C(=O)CCC(=O)NCCCCCCCCCc1cccc2c1C(=O)N(C1CCC(=O)NC1=O)C2=O. The molecule has 1 aromatic rings. The Morgan fingerprint density at radius 3 is 2.27 bits per heavy atom. The molecule has 2 N–H and O–H groups in total. The number of hydrogen-bond donors (Lipinski definition) is 2. The van der Waals surface area contributed by atoms with Crippen molar-refractivity contribution in [3.05, 3.63) is 34.9 Å². The van der Waals surface area contributed by atoms with E-state index < -0.39 is 23.8 Å². The fraction of sp³-hybridized carbons (Fsp3) is 0.600. The number of fused-ring (bicyclic) bond motifs is 1. The van der Waals surface area contributed by atoms with E-state index in [1.165, 1.54) is 0 Å². The Labute approximate surface area is 236 Å². The van der Waals surface area contributed by atoms with E-state index in [0.717, 1.165) is 55.4 Å². The molecule has 1 saturated heterocycles. The standard InChI is InChI=1S/C30H42N4O6/c1-3-33(4-2)26(37)19-18-24(35)31-20-11-9-7-5-6-8-10-13-21-14-12-15-22-27(21)30(40)34(29(22)39)23-16-17-25(36)32-28(23)38/h12,14-15,23H,3-11,13,16-20H2,1-2H3,(H,31,35)(H,32,36,38). The zero-order valence-corrected chi connectivity index (χ0v) is 23.8. The van der Waals surface area contributed by atoms with Crippen molar-refractivity contribution < 1.29 is 28.8 Å². The van der Waals surface area contributed by atoms with Crippen molar-refractivity contribution in [2.75, 3.05) is 19.6 Å². The number of carbonyl (C=O) groups excluding carboxylic acids is 6. The largest absolute Gasteiger partial charge is 0.356 e. The van der Waals surface area contributed by atoms with Crippen LogP contribution in [-0.2, 0) is 25.6 Å². The number of unbranched alkanes of at least 4 members (excludes halogenated alkanes) is 6. The van der Waals surface area contributed by atoms with E-state index in [-0.39, 0.29) is 43.4 Å². The highest BCUT2D eigenvalue weighted by Gasteiger charge is 2.45. The van der Waals surface area contributed by atoms with Crippen LogP contribution in [0.2, 0.25) is 0 Å². The summed E-state index contributed by atoms with van der Waals surface area (Å²) in [5.41, 5.74) is 1.53. The number of hydrogen-bond acceptors (Lipinski definition) is 6. The van der Waals surface area contributed by atoms with Crippen LogP contribution in [0.4, 0.5) is 0 Å². The molecule has 1 atom stereocenters. The fourth-order valence-electron chi connectivity index (χ4n) is 5.39. The van der Waals surface area contributed by atoms with Crippen LogP contribution in [0, 0.1) is 0 Å². The first-order valence-corrected chi connectivity index (χ1v) is 14.7. The number of benzene rings is 1. The van der Waals surface area contributed by atoms with Gasteiger partial charge in [-0.2, -0.15) is 0 Å². The average Bonchev–Trinajstić information content (AvgIpc) is 3.19. The molecule has 40 heavy (non-hydrogen) atoms. The molecule has 0 aromatic heterocycles. The zero-order chi connectivity index (χ0) is 29.1. The molecule has 2 heterocycles. The van der Waals surface area contributed by atoms with Gasteiger partial charge in [-0.3, -0.25) is 39.0 Å². The number of nitrogens with zero attached hydrogens (tertiary/aromatic N) is 2. The molecule has 0 bridgehead atoms. The molecular formula is C30H42N4O6. The molecule has 3 rings (SSSR count). The Morgan fingerprint density at radius 1 is 0.925 bits per heavy atom. The molecule has 218 valence electrons. The van der Waals surface area contributed by atoms with E-state index in [9.17, 15) is 28.8 Å². The van der Waals surface area contributed by atoms with E-state index >= 15 is 0 Å². The van der Waals surface area contributed by atoms with Crippen LogP contribution < -0.4 is 10.6 Å². The molecule has 10 heteroatoms. The van der Waals surface area contributed by atoms with Crippen LogP contribution in [0.25, 0.3) is 0 Å². The number of amides is 6. The maximum absolute atomic E-state index is 13.2. The molecule has 2 aliphatic heterocycles. The summed E-state index contributed by atoms with van der Waals surface area (Å²) < 4.78 is 0. The Kier molecular flexibility index (Phi) is 11.8. The normalized spacial score (nSPS) is 16.6. The van der Waals surface area contributed by atoms with Gasteiger partial charge in [-0.25, -0.2) is 0 Å². The Morgan fingerprint density at radius 2 is 1.60 bits per heavy atom. The fourth-order valence-corrected chi connectivity index (χ4v) is 5.39. The minimum Gasteiger partial charge on any atom is -0.356 e. The van der Waals surface area contributed by atoms with Crippen molar-refractivity contribution >= 4 is 35.4 Å². The monoisotopic (exact) mass is 554 g/mol. The smallest absolute Gasteiger partial charge is 0.262 e. The number of rotatable bonds is 16. The van der Waals surface area contributed by atoms with Crippen LogP contribution in [-0.4, -0.2) is 70.9 Å². The Hall–Kier alpha value is -3.56.